The summed E-state index contributed by atoms with van der Waals surface area (Å²) in [6, 6.07) is 29.7. The van der Waals surface area contributed by atoms with Gasteiger partial charge in [0.1, 0.15) is 11.5 Å². The molecule has 7 heteroatoms. The SMILES string of the molecule is Cc1c(Sc2ccc(F)cc2)c2ccccn2c1/C(=N\S(=O)(=O)c1ccccc1)c1ccccc1. The summed E-state index contributed by atoms with van der Waals surface area (Å²) >= 11 is 1.51. The van der Waals surface area contributed by atoms with Crippen LogP contribution in [0.15, 0.2) is 128 Å². The molecule has 0 unspecified atom stereocenters. The number of pyridine rings is 1. The third-order valence-corrected chi connectivity index (χ3v) is 8.10. The molecule has 0 radical (unpaired) electrons. The maximum atomic E-state index is 13.5. The van der Waals surface area contributed by atoms with E-state index in [9.17, 15) is 12.8 Å². The van der Waals surface area contributed by atoms with Crippen molar-refractivity contribution in [3.05, 3.63) is 132 Å². The van der Waals surface area contributed by atoms with Crippen LogP contribution in [0.25, 0.3) is 5.52 Å². The molecule has 0 aliphatic rings. The van der Waals surface area contributed by atoms with E-state index in [2.05, 4.69) is 4.40 Å². The first kappa shape index (κ1) is 23.1. The number of benzene rings is 3. The summed E-state index contributed by atoms with van der Waals surface area (Å²) in [5, 5.41) is 0. The van der Waals surface area contributed by atoms with E-state index in [0.29, 0.717) is 17.0 Å². The third-order valence-electron chi connectivity index (χ3n) is 5.59. The quantitative estimate of drug-likeness (QED) is 0.242. The maximum Gasteiger partial charge on any atom is 0.282 e. The summed E-state index contributed by atoms with van der Waals surface area (Å²) in [5.41, 5.74) is 3.54. The van der Waals surface area contributed by atoms with Gasteiger partial charge in [-0.1, -0.05) is 66.4 Å². The molecule has 2 heterocycles. The lowest BCUT2D eigenvalue weighted by molar-refractivity contribution is 0.598. The van der Waals surface area contributed by atoms with Gasteiger partial charge in [-0.25, -0.2) is 4.39 Å². The largest absolute Gasteiger partial charge is 0.314 e. The highest BCUT2D eigenvalue weighted by molar-refractivity contribution is 7.99. The van der Waals surface area contributed by atoms with Crippen LogP contribution in [0.5, 0.6) is 0 Å². The van der Waals surface area contributed by atoms with Crippen molar-refractivity contribution in [1.82, 2.24) is 4.40 Å². The van der Waals surface area contributed by atoms with Gasteiger partial charge in [0, 0.05) is 21.6 Å². The Morgan fingerprint density at radius 2 is 1.46 bits per heavy atom. The van der Waals surface area contributed by atoms with E-state index in [-0.39, 0.29) is 10.7 Å². The lowest BCUT2D eigenvalue weighted by Gasteiger charge is -2.10. The van der Waals surface area contributed by atoms with Gasteiger partial charge >= 0.3 is 0 Å². The molecule has 5 rings (SSSR count). The minimum atomic E-state index is -3.97. The highest BCUT2D eigenvalue weighted by atomic mass is 32.2. The molecule has 0 aliphatic heterocycles. The molecule has 5 aromatic rings. The van der Waals surface area contributed by atoms with Gasteiger partial charge in [-0.3, -0.25) is 0 Å². The Labute approximate surface area is 207 Å². The molecule has 0 fully saturated rings. The van der Waals surface area contributed by atoms with Crippen molar-refractivity contribution >= 4 is 33.0 Å². The number of hydrogen-bond acceptors (Lipinski definition) is 3. The molecule has 0 N–H and O–H groups in total. The Balaban J connectivity index is 1.75. The third kappa shape index (κ3) is 4.65. The summed E-state index contributed by atoms with van der Waals surface area (Å²) in [6.45, 7) is 1.96. The van der Waals surface area contributed by atoms with E-state index in [1.54, 1.807) is 42.5 Å². The van der Waals surface area contributed by atoms with Crippen LogP contribution in [0.4, 0.5) is 4.39 Å². The molecule has 0 amide bonds. The van der Waals surface area contributed by atoms with Crippen LogP contribution in [-0.4, -0.2) is 18.5 Å². The molecular formula is C28H21FN2O2S2. The van der Waals surface area contributed by atoms with Crippen molar-refractivity contribution in [3.8, 4) is 0 Å². The minimum absolute atomic E-state index is 0.132. The monoisotopic (exact) mass is 500 g/mol. The summed E-state index contributed by atoms with van der Waals surface area (Å²) in [6.07, 6.45) is 1.90. The van der Waals surface area contributed by atoms with Crippen LogP contribution in [0.3, 0.4) is 0 Å². The topological polar surface area (TPSA) is 50.9 Å². The number of hydrogen-bond donors (Lipinski definition) is 0. The smallest absolute Gasteiger partial charge is 0.282 e. The lowest BCUT2D eigenvalue weighted by atomic mass is 10.1. The van der Waals surface area contributed by atoms with Crippen LogP contribution in [-0.2, 0) is 10.0 Å². The molecule has 35 heavy (non-hydrogen) atoms. The maximum absolute atomic E-state index is 13.5. The lowest BCUT2D eigenvalue weighted by Crippen LogP contribution is -2.12. The van der Waals surface area contributed by atoms with Crippen molar-refractivity contribution in [2.45, 2.75) is 21.6 Å². The van der Waals surface area contributed by atoms with Crippen LogP contribution >= 0.6 is 11.8 Å². The molecule has 0 spiro atoms. The van der Waals surface area contributed by atoms with E-state index >= 15 is 0 Å². The van der Waals surface area contributed by atoms with Gasteiger partial charge in [0.2, 0.25) is 0 Å². The number of halogens is 1. The Bertz CT molecular complexity index is 1630. The van der Waals surface area contributed by atoms with E-state index < -0.39 is 10.0 Å². The second-order valence-corrected chi connectivity index (χ2v) is 10.6. The fourth-order valence-electron chi connectivity index (χ4n) is 3.94. The van der Waals surface area contributed by atoms with Gasteiger partial charge in [-0.2, -0.15) is 12.8 Å². The van der Waals surface area contributed by atoms with E-state index in [1.165, 1.54) is 23.9 Å². The molecule has 4 nitrogen and oxygen atoms in total. The van der Waals surface area contributed by atoms with Gasteiger partial charge in [0.05, 0.1) is 16.1 Å². The number of sulfonamides is 1. The van der Waals surface area contributed by atoms with Crippen LogP contribution in [0.2, 0.25) is 0 Å². The molecule has 0 atom stereocenters. The van der Waals surface area contributed by atoms with E-state index in [4.69, 9.17) is 0 Å². The summed E-state index contributed by atoms with van der Waals surface area (Å²) < 4.78 is 46.5. The highest BCUT2D eigenvalue weighted by Gasteiger charge is 2.24. The predicted octanol–water partition coefficient (Wildman–Crippen LogP) is 6.76. The fraction of sp³-hybridized carbons (Fsp3) is 0.0357. The Morgan fingerprint density at radius 3 is 2.14 bits per heavy atom. The zero-order valence-corrected chi connectivity index (χ0v) is 20.4. The van der Waals surface area contributed by atoms with Crippen molar-refractivity contribution in [1.29, 1.82) is 0 Å². The highest BCUT2D eigenvalue weighted by Crippen LogP contribution is 2.38. The fourth-order valence-corrected chi connectivity index (χ4v) is 6.01. The minimum Gasteiger partial charge on any atom is -0.314 e. The molecule has 174 valence electrons. The molecule has 0 bridgehead atoms. The van der Waals surface area contributed by atoms with Gasteiger partial charge in [0.15, 0.2) is 0 Å². The molecule has 0 aliphatic carbocycles. The summed E-state index contributed by atoms with van der Waals surface area (Å²) in [7, 11) is -3.97. The zero-order chi connectivity index (χ0) is 24.4. The zero-order valence-electron chi connectivity index (χ0n) is 18.8. The standard InChI is InChI=1S/C28H21FN2O2S2/c1-20-27(31-19-9-8-14-25(31)28(20)34-23-17-15-22(29)16-18-23)26(21-10-4-2-5-11-21)30-35(32,33)24-12-6-3-7-13-24/h2-19H,1H3/b30-26-. The first-order valence-corrected chi connectivity index (χ1v) is 13.2. The number of aromatic nitrogens is 1. The first-order valence-electron chi connectivity index (χ1n) is 10.9. The van der Waals surface area contributed by atoms with Crippen LogP contribution in [0, 0.1) is 12.7 Å². The predicted molar refractivity (Wildman–Crippen MR) is 138 cm³/mol. The average molecular weight is 501 g/mol. The van der Waals surface area contributed by atoms with Gasteiger partial charge in [0.25, 0.3) is 10.0 Å². The first-order chi connectivity index (χ1) is 16.9. The molecule has 3 aromatic carbocycles. The van der Waals surface area contributed by atoms with Crippen LogP contribution in [0.1, 0.15) is 16.8 Å². The second-order valence-electron chi connectivity index (χ2n) is 7.91. The van der Waals surface area contributed by atoms with Crippen molar-refractivity contribution in [2.24, 2.45) is 4.40 Å². The van der Waals surface area contributed by atoms with Gasteiger partial charge in [-0.15, -0.1) is 0 Å². The molecule has 0 saturated heterocycles. The number of rotatable bonds is 6. The Kier molecular flexibility index (Phi) is 6.28. The van der Waals surface area contributed by atoms with Crippen LogP contribution < -0.4 is 0 Å². The van der Waals surface area contributed by atoms with Crippen molar-refractivity contribution < 1.29 is 12.8 Å². The average Bonchev–Trinajstić information content (AvgIpc) is 3.16. The Morgan fingerprint density at radius 1 is 0.829 bits per heavy atom. The van der Waals surface area contributed by atoms with Crippen molar-refractivity contribution in [2.75, 3.05) is 0 Å². The second kappa shape index (κ2) is 9.52. The summed E-state index contributed by atoms with van der Waals surface area (Å²) in [5.74, 6) is -0.293. The molecule has 2 aromatic heterocycles. The van der Waals surface area contributed by atoms with E-state index in [0.717, 1.165) is 20.9 Å². The number of nitrogens with zero attached hydrogens (tertiary/aromatic N) is 2. The number of fused-ring (bicyclic) bond motifs is 1. The van der Waals surface area contributed by atoms with Gasteiger partial charge < -0.3 is 4.40 Å². The molecular weight excluding hydrogens is 479 g/mol. The van der Waals surface area contributed by atoms with Gasteiger partial charge in [-0.05, 0) is 61.0 Å². The normalized spacial score (nSPS) is 12.2. The molecule has 0 saturated carbocycles. The Hall–Kier alpha value is -3.68. The van der Waals surface area contributed by atoms with E-state index in [1.807, 2.05) is 66.1 Å². The van der Waals surface area contributed by atoms with Crippen molar-refractivity contribution in [3.63, 3.8) is 0 Å². The summed E-state index contributed by atoms with van der Waals surface area (Å²) in [4.78, 5) is 1.97.